The summed E-state index contributed by atoms with van der Waals surface area (Å²) in [6.45, 7) is 6.15. The van der Waals surface area contributed by atoms with Crippen LogP contribution in [0.5, 0.6) is 0 Å². The molecule has 0 saturated heterocycles. The Labute approximate surface area is 119 Å². The van der Waals surface area contributed by atoms with Crippen LogP contribution in [0.2, 0.25) is 0 Å². The zero-order valence-corrected chi connectivity index (χ0v) is 12.1. The van der Waals surface area contributed by atoms with Gasteiger partial charge in [-0.2, -0.15) is 0 Å². The highest BCUT2D eigenvalue weighted by atomic mass is 16.4. The molecular formula is C15H22N2O3. The maximum absolute atomic E-state index is 11.7. The van der Waals surface area contributed by atoms with Crippen LogP contribution >= 0.6 is 0 Å². The maximum atomic E-state index is 11.7. The van der Waals surface area contributed by atoms with Crippen LogP contribution in [0.3, 0.4) is 0 Å². The van der Waals surface area contributed by atoms with E-state index in [1.807, 2.05) is 26.8 Å². The Balaban J connectivity index is 2.52. The standard InChI is InChI=1S/C15H22N2O3/c1-15(2,3)17-10-13(18)16-9-12(14(19)20)11-7-5-4-6-8-11/h4-8,12,17H,9-10H2,1-3H3,(H,16,18)(H,19,20). The van der Waals surface area contributed by atoms with E-state index in [9.17, 15) is 14.7 Å². The molecule has 1 aromatic rings. The van der Waals surface area contributed by atoms with Gasteiger partial charge in [0.05, 0.1) is 12.5 Å². The molecule has 1 amide bonds. The molecule has 0 radical (unpaired) electrons. The molecule has 0 fully saturated rings. The fourth-order valence-electron chi connectivity index (χ4n) is 1.66. The van der Waals surface area contributed by atoms with Gasteiger partial charge in [0.2, 0.25) is 5.91 Å². The first-order valence-electron chi connectivity index (χ1n) is 6.59. The number of carbonyl (C=O) groups excluding carboxylic acids is 1. The highest BCUT2D eigenvalue weighted by molar-refractivity contribution is 5.80. The van der Waals surface area contributed by atoms with Gasteiger partial charge in [0.1, 0.15) is 0 Å². The molecule has 1 atom stereocenters. The Morgan fingerprint density at radius 2 is 1.80 bits per heavy atom. The number of aliphatic carboxylic acids is 1. The normalized spacial score (nSPS) is 12.8. The summed E-state index contributed by atoms with van der Waals surface area (Å²) in [7, 11) is 0. The predicted octanol–water partition coefficient (Wildman–Crippen LogP) is 1.36. The van der Waals surface area contributed by atoms with E-state index in [1.165, 1.54) is 0 Å². The van der Waals surface area contributed by atoms with Gasteiger partial charge < -0.3 is 15.7 Å². The van der Waals surface area contributed by atoms with Gasteiger partial charge in [-0.1, -0.05) is 30.3 Å². The van der Waals surface area contributed by atoms with Crippen molar-refractivity contribution in [2.24, 2.45) is 0 Å². The first-order valence-corrected chi connectivity index (χ1v) is 6.59. The van der Waals surface area contributed by atoms with Crippen LogP contribution in [0.1, 0.15) is 32.3 Å². The Morgan fingerprint density at radius 3 is 2.30 bits per heavy atom. The van der Waals surface area contributed by atoms with Crippen molar-refractivity contribution in [2.75, 3.05) is 13.1 Å². The van der Waals surface area contributed by atoms with E-state index in [-0.39, 0.29) is 24.5 Å². The van der Waals surface area contributed by atoms with Crippen molar-refractivity contribution in [3.05, 3.63) is 35.9 Å². The van der Waals surface area contributed by atoms with Gasteiger partial charge >= 0.3 is 5.97 Å². The van der Waals surface area contributed by atoms with Crippen molar-refractivity contribution < 1.29 is 14.7 Å². The van der Waals surface area contributed by atoms with Crippen molar-refractivity contribution in [3.8, 4) is 0 Å². The Hall–Kier alpha value is -1.88. The van der Waals surface area contributed by atoms with E-state index in [1.54, 1.807) is 24.3 Å². The van der Waals surface area contributed by atoms with Crippen LogP contribution in [0.4, 0.5) is 0 Å². The molecule has 3 N–H and O–H groups in total. The van der Waals surface area contributed by atoms with Gasteiger partial charge in [-0.05, 0) is 26.3 Å². The van der Waals surface area contributed by atoms with Crippen LogP contribution in [-0.4, -0.2) is 35.6 Å². The van der Waals surface area contributed by atoms with Gasteiger partial charge in [0.25, 0.3) is 0 Å². The number of rotatable bonds is 6. The van der Waals surface area contributed by atoms with Crippen molar-refractivity contribution in [2.45, 2.75) is 32.2 Å². The average molecular weight is 278 g/mol. The summed E-state index contributed by atoms with van der Waals surface area (Å²) >= 11 is 0. The van der Waals surface area contributed by atoms with E-state index in [4.69, 9.17) is 0 Å². The molecule has 0 heterocycles. The van der Waals surface area contributed by atoms with Gasteiger partial charge in [-0.3, -0.25) is 9.59 Å². The molecule has 5 nitrogen and oxygen atoms in total. The first kappa shape index (κ1) is 16.2. The van der Waals surface area contributed by atoms with Gasteiger partial charge in [-0.25, -0.2) is 0 Å². The van der Waals surface area contributed by atoms with Gasteiger partial charge in [0, 0.05) is 12.1 Å². The highest BCUT2D eigenvalue weighted by Gasteiger charge is 2.20. The number of carboxylic acids is 1. The molecule has 20 heavy (non-hydrogen) atoms. The van der Waals surface area contributed by atoms with Crippen molar-refractivity contribution in [1.29, 1.82) is 0 Å². The molecule has 0 aromatic heterocycles. The van der Waals surface area contributed by atoms with E-state index in [2.05, 4.69) is 10.6 Å². The number of nitrogens with one attached hydrogen (secondary N) is 2. The van der Waals surface area contributed by atoms with Crippen LogP contribution < -0.4 is 10.6 Å². The number of benzene rings is 1. The average Bonchev–Trinajstić information content (AvgIpc) is 2.36. The number of hydrogen-bond acceptors (Lipinski definition) is 3. The summed E-state index contributed by atoms with van der Waals surface area (Å²) in [5.74, 6) is -1.88. The molecule has 0 saturated carbocycles. The second-order valence-corrected chi connectivity index (χ2v) is 5.71. The SMILES string of the molecule is CC(C)(C)NCC(=O)NCC(C(=O)O)c1ccccc1. The molecule has 5 heteroatoms. The number of amides is 1. The zero-order chi connectivity index (χ0) is 15.2. The molecule has 1 rings (SSSR count). The third kappa shape index (κ3) is 5.84. The molecule has 110 valence electrons. The Bertz CT molecular complexity index is 452. The number of hydrogen-bond donors (Lipinski definition) is 3. The minimum absolute atomic E-state index is 0.0873. The van der Waals surface area contributed by atoms with Crippen LogP contribution in [0.15, 0.2) is 30.3 Å². The number of carbonyl (C=O) groups is 2. The quantitative estimate of drug-likeness (QED) is 0.734. The lowest BCUT2D eigenvalue weighted by Gasteiger charge is -2.20. The molecule has 0 aliphatic carbocycles. The van der Waals surface area contributed by atoms with Crippen LogP contribution in [0, 0.1) is 0 Å². The van der Waals surface area contributed by atoms with Crippen molar-refractivity contribution >= 4 is 11.9 Å². The third-order valence-corrected chi connectivity index (χ3v) is 2.78. The number of carboxylic acid groups (broad SMARTS) is 1. The topological polar surface area (TPSA) is 78.4 Å². The lowest BCUT2D eigenvalue weighted by molar-refractivity contribution is -0.138. The zero-order valence-electron chi connectivity index (χ0n) is 12.1. The largest absolute Gasteiger partial charge is 0.481 e. The van der Waals surface area contributed by atoms with Crippen molar-refractivity contribution in [3.63, 3.8) is 0 Å². The first-order chi connectivity index (χ1) is 9.29. The predicted molar refractivity (Wildman–Crippen MR) is 77.6 cm³/mol. The fourth-order valence-corrected chi connectivity index (χ4v) is 1.66. The molecule has 1 aromatic carbocycles. The van der Waals surface area contributed by atoms with Crippen molar-refractivity contribution in [1.82, 2.24) is 10.6 Å². The summed E-state index contributed by atoms with van der Waals surface area (Å²) in [6.07, 6.45) is 0. The Morgan fingerprint density at radius 1 is 1.20 bits per heavy atom. The molecule has 0 aliphatic heterocycles. The van der Waals surface area contributed by atoms with Crippen LogP contribution in [0.25, 0.3) is 0 Å². The monoisotopic (exact) mass is 278 g/mol. The highest BCUT2D eigenvalue weighted by Crippen LogP contribution is 2.14. The smallest absolute Gasteiger partial charge is 0.312 e. The summed E-state index contributed by atoms with van der Waals surface area (Å²) in [5, 5.41) is 14.9. The second-order valence-electron chi connectivity index (χ2n) is 5.71. The maximum Gasteiger partial charge on any atom is 0.312 e. The molecular weight excluding hydrogens is 256 g/mol. The Kier molecular flexibility index (Phi) is 5.70. The lowest BCUT2D eigenvalue weighted by atomic mass is 9.99. The summed E-state index contributed by atoms with van der Waals surface area (Å²) < 4.78 is 0. The molecule has 1 unspecified atom stereocenters. The van der Waals surface area contributed by atoms with E-state index in [0.717, 1.165) is 0 Å². The summed E-state index contributed by atoms with van der Waals surface area (Å²) in [4.78, 5) is 22.9. The summed E-state index contributed by atoms with van der Waals surface area (Å²) in [5.41, 5.74) is 0.535. The molecule has 0 aliphatic rings. The van der Waals surface area contributed by atoms with E-state index in [0.29, 0.717) is 5.56 Å². The van der Waals surface area contributed by atoms with Crippen LogP contribution in [-0.2, 0) is 9.59 Å². The summed E-state index contributed by atoms with van der Waals surface area (Å²) in [6, 6.07) is 8.90. The fraction of sp³-hybridized carbons (Fsp3) is 0.467. The third-order valence-electron chi connectivity index (χ3n) is 2.78. The molecule has 0 bridgehead atoms. The van der Waals surface area contributed by atoms with E-state index >= 15 is 0 Å². The van der Waals surface area contributed by atoms with Gasteiger partial charge in [-0.15, -0.1) is 0 Å². The molecule has 0 spiro atoms. The second kappa shape index (κ2) is 7.05. The minimum atomic E-state index is -0.944. The van der Waals surface area contributed by atoms with E-state index < -0.39 is 11.9 Å². The minimum Gasteiger partial charge on any atom is -0.481 e. The lowest BCUT2D eigenvalue weighted by Crippen LogP contribution is -2.44. The van der Waals surface area contributed by atoms with Gasteiger partial charge in [0.15, 0.2) is 0 Å².